The van der Waals surface area contributed by atoms with Crippen molar-refractivity contribution in [2.75, 3.05) is 25.0 Å². The van der Waals surface area contributed by atoms with Crippen LogP contribution in [-0.4, -0.2) is 46.5 Å². The van der Waals surface area contributed by atoms with Crippen LogP contribution in [0.25, 0.3) is 0 Å². The fraction of sp³-hybridized carbons (Fsp3) is 0.857. The molecular weight excluding hydrogens is 390 g/mol. The molecule has 1 aliphatic heterocycles. The number of aromatic nitrogens is 3. The maximum Gasteiger partial charge on any atom is 0.227 e. The van der Waals surface area contributed by atoms with Crippen LogP contribution in [0.5, 0.6) is 0 Å². The molecule has 2 unspecified atom stereocenters. The van der Waals surface area contributed by atoms with Crippen molar-refractivity contribution in [3.05, 3.63) is 5.82 Å². The lowest BCUT2D eigenvalue weighted by atomic mass is 9.89. The summed E-state index contributed by atoms with van der Waals surface area (Å²) in [7, 11) is 1.84. The Morgan fingerprint density at radius 2 is 2.00 bits per heavy atom. The van der Waals surface area contributed by atoms with Crippen molar-refractivity contribution >= 4 is 24.3 Å². The number of hydrogen-bond acceptors (Lipinski definition) is 5. The Morgan fingerprint density at radius 1 is 1.21 bits per heavy atom. The number of hydrogen-bond donors (Lipinski definition) is 2. The number of ether oxygens (including phenoxy) is 1. The van der Waals surface area contributed by atoms with E-state index < -0.39 is 0 Å². The molecule has 2 aliphatic rings. The molecule has 2 N–H and O–H groups in total. The van der Waals surface area contributed by atoms with E-state index in [-0.39, 0.29) is 18.3 Å². The summed E-state index contributed by atoms with van der Waals surface area (Å²) in [6.45, 7) is 5.16. The van der Waals surface area contributed by atoms with Gasteiger partial charge in [0.15, 0.2) is 5.82 Å². The van der Waals surface area contributed by atoms with E-state index in [1.54, 1.807) is 4.68 Å². The SMILES string of the molecule is CC1CCCC(OCCCCCC(=O)Nc2nc(C3CCNCC3)nn2C)C1.Cl. The number of aryl methyl sites for hydroxylation is 1. The van der Waals surface area contributed by atoms with Crippen LogP contribution in [0.3, 0.4) is 0 Å². The van der Waals surface area contributed by atoms with Crippen LogP contribution in [0.15, 0.2) is 0 Å². The monoisotopic (exact) mass is 427 g/mol. The zero-order valence-corrected chi connectivity index (χ0v) is 18.8. The van der Waals surface area contributed by atoms with Crippen molar-refractivity contribution in [3.63, 3.8) is 0 Å². The number of nitrogens with zero attached hydrogens (tertiary/aromatic N) is 3. The number of unbranched alkanes of at least 4 members (excludes halogenated alkanes) is 2. The van der Waals surface area contributed by atoms with Gasteiger partial charge in [-0.05, 0) is 57.5 Å². The molecule has 1 aliphatic carbocycles. The van der Waals surface area contributed by atoms with Gasteiger partial charge >= 0.3 is 0 Å². The minimum absolute atomic E-state index is 0. The third-order valence-electron chi connectivity index (χ3n) is 6.02. The molecule has 2 heterocycles. The maximum absolute atomic E-state index is 12.2. The van der Waals surface area contributed by atoms with E-state index in [4.69, 9.17) is 4.74 Å². The quantitative estimate of drug-likeness (QED) is 0.586. The van der Waals surface area contributed by atoms with E-state index in [2.05, 4.69) is 27.6 Å². The van der Waals surface area contributed by atoms with Crippen molar-refractivity contribution in [3.8, 4) is 0 Å². The summed E-state index contributed by atoms with van der Waals surface area (Å²) >= 11 is 0. The van der Waals surface area contributed by atoms with E-state index in [0.717, 1.165) is 63.5 Å². The third-order valence-corrected chi connectivity index (χ3v) is 6.02. The topological polar surface area (TPSA) is 81.1 Å². The van der Waals surface area contributed by atoms with Gasteiger partial charge in [-0.25, -0.2) is 4.68 Å². The molecule has 8 heteroatoms. The molecule has 0 spiro atoms. The lowest BCUT2D eigenvalue weighted by Gasteiger charge is -2.26. The second-order valence-electron chi connectivity index (χ2n) is 8.56. The van der Waals surface area contributed by atoms with Crippen molar-refractivity contribution in [2.45, 2.75) is 83.2 Å². The van der Waals surface area contributed by atoms with Gasteiger partial charge in [0.05, 0.1) is 6.10 Å². The van der Waals surface area contributed by atoms with Gasteiger partial charge in [-0.1, -0.05) is 26.2 Å². The zero-order valence-electron chi connectivity index (χ0n) is 18.0. The Hall–Kier alpha value is -1.18. The van der Waals surface area contributed by atoms with Crippen LogP contribution in [0, 0.1) is 5.92 Å². The number of piperidine rings is 1. The summed E-state index contributed by atoms with van der Waals surface area (Å²) in [4.78, 5) is 16.8. The van der Waals surface area contributed by atoms with Gasteiger partial charge in [0, 0.05) is 26.0 Å². The predicted octanol–water partition coefficient (Wildman–Crippen LogP) is 3.80. The highest BCUT2D eigenvalue weighted by Gasteiger charge is 2.21. The Bertz CT molecular complexity index is 618. The smallest absolute Gasteiger partial charge is 0.227 e. The standard InChI is InChI=1S/C21H37N5O2.ClH/c1-16-7-6-8-18(15-16)28-14-5-3-4-9-19(27)23-21-24-20(25-26(21)2)17-10-12-22-13-11-17;/h16-18,22H,3-15H2,1-2H3,(H,23,24,25,27);1H. The summed E-state index contributed by atoms with van der Waals surface area (Å²) in [6, 6.07) is 0. The molecule has 1 saturated heterocycles. The number of rotatable bonds is 9. The molecule has 1 aromatic rings. The molecule has 2 fully saturated rings. The fourth-order valence-corrected chi connectivity index (χ4v) is 4.30. The average molecular weight is 428 g/mol. The fourth-order valence-electron chi connectivity index (χ4n) is 4.30. The first-order chi connectivity index (χ1) is 13.6. The minimum atomic E-state index is 0. The second-order valence-corrected chi connectivity index (χ2v) is 8.56. The first-order valence-corrected chi connectivity index (χ1v) is 11.1. The summed E-state index contributed by atoms with van der Waals surface area (Å²) in [6.07, 6.45) is 11.1. The molecule has 2 atom stereocenters. The highest BCUT2D eigenvalue weighted by atomic mass is 35.5. The minimum Gasteiger partial charge on any atom is -0.378 e. The number of nitrogens with one attached hydrogen (secondary N) is 2. The molecule has 166 valence electrons. The van der Waals surface area contributed by atoms with E-state index >= 15 is 0 Å². The van der Waals surface area contributed by atoms with E-state index in [1.807, 2.05) is 7.05 Å². The molecule has 0 bridgehead atoms. The predicted molar refractivity (Wildman–Crippen MR) is 118 cm³/mol. The number of anilines is 1. The van der Waals surface area contributed by atoms with Gasteiger partial charge in [-0.3, -0.25) is 10.1 Å². The van der Waals surface area contributed by atoms with Gasteiger partial charge < -0.3 is 10.1 Å². The molecule has 29 heavy (non-hydrogen) atoms. The van der Waals surface area contributed by atoms with Crippen molar-refractivity contribution < 1.29 is 9.53 Å². The van der Waals surface area contributed by atoms with Crippen LogP contribution < -0.4 is 10.6 Å². The Labute approximate surface area is 181 Å². The maximum atomic E-state index is 12.2. The van der Waals surface area contributed by atoms with Gasteiger partial charge in [0.2, 0.25) is 11.9 Å². The first-order valence-electron chi connectivity index (χ1n) is 11.1. The summed E-state index contributed by atoms with van der Waals surface area (Å²) in [5.74, 6) is 2.64. The van der Waals surface area contributed by atoms with Crippen LogP contribution in [0.1, 0.15) is 82.9 Å². The number of carbonyl (C=O) groups is 1. The van der Waals surface area contributed by atoms with Gasteiger partial charge in [-0.15, -0.1) is 12.4 Å². The van der Waals surface area contributed by atoms with Gasteiger partial charge in [-0.2, -0.15) is 10.1 Å². The van der Waals surface area contributed by atoms with Crippen molar-refractivity contribution in [1.29, 1.82) is 0 Å². The zero-order chi connectivity index (χ0) is 19.8. The van der Waals surface area contributed by atoms with Crippen LogP contribution in [-0.2, 0) is 16.6 Å². The molecular formula is C21H38ClN5O2. The van der Waals surface area contributed by atoms with Gasteiger partial charge in [0.25, 0.3) is 0 Å². The number of carbonyl (C=O) groups excluding carboxylic acids is 1. The average Bonchev–Trinajstić information content (AvgIpc) is 3.06. The van der Waals surface area contributed by atoms with E-state index in [1.165, 1.54) is 25.7 Å². The number of amides is 1. The second kappa shape index (κ2) is 12.5. The highest BCUT2D eigenvalue weighted by molar-refractivity contribution is 5.88. The summed E-state index contributed by atoms with van der Waals surface area (Å²) in [5.41, 5.74) is 0. The van der Waals surface area contributed by atoms with E-state index in [9.17, 15) is 4.79 Å². The third kappa shape index (κ3) is 7.87. The molecule has 1 aromatic heterocycles. The largest absolute Gasteiger partial charge is 0.378 e. The molecule has 1 amide bonds. The van der Waals surface area contributed by atoms with Crippen LogP contribution >= 0.6 is 12.4 Å². The van der Waals surface area contributed by atoms with Gasteiger partial charge in [0.1, 0.15) is 0 Å². The molecule has 3 rings (SSSR count). The van der Waals surface area contributed by atoms with Crippen LogP contribution in [0.2, 0.25) is 0 Å². The van der Waals surface area contributed by atoms with Crippen LogP contribution in [0.4, 0.5) is 5.95 Å². The molecule has 1 saturated carbocycles. The van der Waals surface area contributed by atoms with E-state index in [0.29, 0.717) is 24.4 Å². The molecule has 7 nitrogen and oxygen atoms in total. The number of halogens is 1. The Morgan fingerprint density at radius 3 is 2.76 bits per heavy atom. The van der Waals surface area contributed by atoms with Crippen molar-refractivity contribution in [2.24, 2.45) is 13.0 Å². The Kier molecular flexibility index (Phi) is 10.4. The summed E-state index contributed by atoms with van der Waals surface area (Å²) in [5, 5.41) is 10.8. The lowest BCUT2D eigenvalue weighted by Crippen LogP contribution is -2.27. The first kappa shape index (κ1) is 24.1. The highest BCUT2D eigenvalue weighted by Crippen LogP contribution is 2.26. The summed E-state index contributed by atoms with van der Waals surface area (Å²) < 4.78 is 7.69. The normalized spacial score (nSPS) is 22.8. The molecule has 0 aromatic carbocycles. The lowest BCUT2D eigenvalue weighted by molar-refractivity contribution is -0.116. The Balaban J connectivity index is 0.00000300. The van der Waals surface area contributed by atoms with Crippen molar-refractivity contribution in [1.82, 2.24) is 20.1 Å². The molecule has 0 radical (unpaired) electrons.